The second-order valence-corrected chi connectivity index (χ2v) is 3.67. The maximum Gasteiger partial charge on any atom is 0.323 e. The number of benzene rings is 1. The van der Waals surface area contributed by atoms with E-state index in [-0.39, 0.29) is 17.0 Å². The predicted molar refractivity (Wildman–Crippen MR) is 70.5 cm³/mol. The van der Waals surface area contributed by atoms with Crippen LogP contribution in [0.15, 0.2) is 72.4 Å². The van der Waals surface area contributed by atoms with Crippen molar-refractivity contribution in [3.05, 3.63) is 72.9 Å². The summed E-state index contributed by atoms with van der Waals surface area (Å²) in [4.78, 5) is 4.49. The van der Waals surface area contributed by atoms with Crippen LogP contribution >= 0.6 is 0 Å². The van der Waals surface area contributed by atoms with Crippen molar-refractivity contribution in [2.45, 2.75) is 6.54 Å². The highest BCUT2D eigenvalue weighted by molar-refractivity contribution is 5.81. The Morgan fingerprint density at radius 3 is 2.50 bits per heavy atom. The third-order valence-corrected chi connectivity index (χ3v) is 2.39. The van der Waals surface area contributed by atoms with Crippen molar-refractivity contribution in [1.29, 1.82) is 0 Å². The number of pyridine rings is 1. The second-order valence-electron chi connectivity index (χ2n) is 3.67. The highest BCUT2D eigenvalue weighted by Gasteiger charge is 2.04. The maximum atomic E-state index is 4.49. The lowest BCUT2D eigenvalue weighted by Crippen LogP contribution is -3.00. The third kappa shape index (κ3) is 3.93. The van der Waals surface area contributed by atoms with Crippen LogP contribution < -0.4 is 21.5 Å². The Labute approximate surface area is 118 Å². The summed E-state index contributed by atoms with van der Waals surface area (Å²) in [5.41, 5.74) is 1.10. The average molecular weight is 303 g/mol. The maximum absolute atomic E-state index is 4.49. The summed E-state index contributed by atoms with van der Waals surface area (Å²) >= 11 is 0. The first kappa shape index (κ1) is 14.3. The summed E-state index contributed by atoms with van der Waals surface area (Å²) < 4.78 is 2.05. The molecule has 92 valence electrons. The molecule has 0 atom stereocenters. The predicted octanol–water partition coefficient (Wildman–Crippen LogP) is -0.0853. The molecule has 1 heterocycles. The minimum Gasteiger partial charge on any atom is -1.00 e. The number of rotatable bonds is 4. The molecule has 0 bridgehead atoms. The SMILES string of the molecule is C=CC[n+]1ccccc1/N=C/c1ccccc1.[Br-]. The lowest BCUT2D eigenvalue weighted by Gasteiger charge is -1.96. The summed E-state index contributed by atoms with van der Waals surface area (Å²) in [6.45, 7) is 4.51. The number of aromatic nitrogens is 1. The Balaban J connectivity index is 0.00000162. The fraction of sp³-hybridized carbons (Fsp3) is 0.0667. The molecule has 0 amide bonds. The van der Waals surface area contributed by atoms with Crippen molar-refractivity contribution in [1.82, 2.24) is 0 Å². The molecule has 2 rings (SSSR count). The third-order valence-electron chi connectivity index (χ3n) is 2.39. The Morgan fingerprint density at radius 1 is 1.06 bits per heavy atom. The average Bonchev–Trinajstić information content (AvgIpc) is 2.39. The van der Waals surface area contributed by atoms with Gasteiger partial charge in [0.2, 0.25) is 0 Å². The van der Waals surface area contributed by atoms with Gasteiger partial charge < -0.3 is 17.0 Å². The number of halogens is 1. The van der Waals surface area contributed by atoms with E-state index in [1.807, 2.05) is 71.6 Å². The van der Waals surface area contributed by atoms with Crippen molar-refractivity contribution in [3.8, 4) is 0 Å². The van der Waals surface area contributed by atoms with Gasteiger partial charge >= 0.3 is 5.82 Å². The quantitative estimate of drug-likeness (QED) is 0.427. The monoisotopic (exact) mass is 302 g/mol. The number of hydrogen-bond acceptors (Lipinski definition) is 1. The molecule has 0 radical (unpaired) electrons. The van der Waals surface area contributed by atoms with Gasteiger partial charge in [-0.3, -0.25) is 0 Å². The Kier molecular flexibility index (Phi) is 6.01. The van der Waals surface area contributed by atoms with E-state index in [9.17, 15) is 0 Å². The smallest absolute Gasteiger partial charge is 0.323 e. The molecule has 0 unspecified atom stereocenters. The lowest BCUT2D eigenvalue weighted by molar-refractivity contribution is -0.674. The van der Waals surface area contributed by atoms with Crippen LogP contribution in [0.2, 0.25) is 0 Å². The van der Waals surface area contributed by atoms with Crippen LogP contribution in [0.3, 0.4) is 0 Å². The second kappa shape index (κ2) is 7.56. The van der Waals surface area contributed by atoms with E-state index in [2.05, 4.69) is 11.6 Å². The fourth-order valence-corrected chi connectivity index (χ4v) is 1.56. The van der Waals surface area contributed by atoms with Crippen molar-refractivity contribution in [2.24, 2.45) is 4.99 Å². The standard InChI is InChI=1S/C15H15N2.BrH/c1-2-11-17-12-7-6-10-15(17)16-13-14-8-4-3-5-9-14;/h2-10,12-13H,1,11H2;1H/q+1;/p-1. The number of allylic oxidation sites excluding steroid dienone is 1. The van der Waals surface area contributed by atoms with Gasteiger partial charge in [0.25, 0.3) is 0 Å². The Hall–Kier alpha value is -1.74. The largest absolute Gasteiger partial charge is 1.00 e. The molecule has 0 aliphatic rings. The molecule has 0 fully saturated rings. The van der Waals surface area contributed by atoms with Gasteiger partial charge in [-0.25, -0.2) is 4.57 Å². The molecule has 2 aromatic rings. The number of aliphatic imine (C=N–C) groups is 1. The van der Waals surface area contributed by atoms with Crippen LogP contribution in [0.25, 0.3) is 0 Å². The van der Waals surface area contributed by atoms with Crippen LogP contribution in [0.1, 0.15) is 5.56 Å². The first-order valence-corrected chi connectivity index (χ1v) is 5.58. The van der Waals surface area contributed by atoms with E-state index in [1.165, 1.54) is 0 Å². The van der Waals surface area contributed by atoms with Crippen LogP contribution in [0.4, 0.5) is 5.82 Å². The van der Waals surface area contributed by atoms with Crippen molar-refractivity contribution in [3.63, 3.8) is 0 Å². The molecule has 18 heavy (non-hydrogen) atoms. The molecule has 1 aromatic heterocycles. The van der Waals surface area contributed by atoms with E-state index >= 15 is 0 Å². The molecule has 2 nitrogen and oxygen atoms in total. The van der Waals surface area contributed by atoms with Gasteiger partial charge in [-0.15, -0.1) is 0 Å². The van der Waals surface area contributed by atoms with Crippen LogP contribution in [-0.4, -0.2) is 6.21 Å². The number of nitrogens with zero attached hydrogens (tertiary/aromatic N) is 2. The zero-order valence-corrected chi connectivity index (χ0v) is 11.6. The van der Waals surface area contributed by atoms with Gasteiger partial charge in [-0.2, -0.15) is 0 Å². The highest BCUT2D eigenvalue weighted by Crippen LogP contribution is 2.04. The molecule has 0 N–H and O–H groups in total. The fourth-order valence-electron chi connectivity index (χ4n) is 1.56. The van der Waals surface area contributed by atoms with Crippen LogP contribution in [0, 0.1) is 0 Å². The van der Waals surface area contributed by atoms with Crippen LogP contribution in [-0.2, 0) is 6.54 Å². The normalized spacial score (nSPS) is 10.0. The minimum atomic E-state index is 0. The first-order chi connectivity index (χ1) is 8.40. The van der Waals surface area contributed by atoms with Crippen LogP contribution in [0.5, 0.6) is 0 Å². The summed E-state index contributed by atoms with van der Waals surface area (Å²) in [5, 5.41) is 0. The number of hydrogen-bond donors (Lipinski definition) is 0. The molecule has 0 spiro atoms. The van der Waals surface area contributed by atoms with E-state index in [0.29, 0.717) is 0 Å². The topological polar surface area (TPSA) is 16.2 Å². The van der Waals surface area contributed by atoms with Crippen molar-refractivity contribution >= 4 is 12.0 Å². The summed E-state index contributed by atoms with van der Waals surface area (Å²) in [6.07, 6.45) is 5.73. The summed E-state index contributed by atoms with van der Waals surface area (Å²) in [5.74, 6) is 0.927. The van der Waals surface area contributed by atoms with Gasteiger partial charge in [0, 0.05) is 11.6 Å². The first-order valence-electron chi connectivity index (χ1n) is 5.58. The van der Waals surface area contributed by atoms with Gasteiger partial charge in [0.15, 0.2) is 0 Å². The van der Waals surface area contributed by atoms with Gasteiger partial charge in [0.1, 0.15) is 12.8 Å². The van der Waals surface area contributed by atoms with Gasteiger partial charge in [-0.05, 0) is 11.1 Å². The molecule has 0 saturated carbocycles. The molecule has 0 aliphatic carbocycles. The van der Waals surface area contributed by atoms with E-state index in [1.54, 1.807) is 0 Å². The Morgan fingerprint density at radius 2 is 1.78 bits per heavy atom. The zero-order chi connectivity index (χ0) is 11.9. The molecule has 0 saturated heterocycles. The summed E-state index contributed by atoms with van der Waals surface area (Å²) in [6, 6.07) is 16.0. The molecular weight excluding hydrogens is 288 g/mol. The summed E-state index contributed by atoms with van der Waals surface area (Å²) in [7, 11) is 0. The highest BCUT2D eigenvalue weighted by atomic mass is 79.9. The zero-order valence-electron chi connectivity index (χ0n) is 10.0. The van der Waals surface area contributed by atoms with Gasteiger partial charge in [-0.1, -0.05) is 49.1 Å². The van der Waals surface area contributed by atoms with Gasteiger partial charge in [0.05, 0.1) is 6.20 Å². The molecule has 3 heteroatoms. The molecule has 0 aliphatic heterocycles. The lowest BCUT2D eigenvalue weighted by atomic mass is 10.2. The molecular formula is C15H15BrN2. The van der Waals surface area contributed by atoms with Crippen molar-refractivity contribution < 1.29 is 21.5 Å². The van der Waals surface area contributed by atoms with Crippen molar-refractivity contribution in [2.75, 3.05) is 0 Å². The van der Waals surface area contributed by atoms with E-state index in [0.717, 1.165) is 17.9 Å². The Bertz CT molecular complexity index is 521. The van der Waals surface area contributed by atoms with E-state index < -0.39 is 0 Å². The molecule has 1 aromatic carbocycles. The van der Waals surface area contributed by atoms with E-state index in [4.69, 9.17) is 0 Å². The minimum absolute atomic E-state index is 0.